The fourth-order valence-corrected chi connectivity index (χ4v) is 1.33. The van der Waals surface area contributed by atoms with Gasteiger partial charge in [-0.1, -0.05) is 0 Å². The minimum absolute atomic E-state index is 0.232. The Labute approximate surface area is 105 Å². The summed E-state index contributed by atoms with van der Waals surface area (Å²) in [6.45, 7) is 1.95. The van der Waals surface area contributed by atoms with E-state index in [0.29, 0.717) is 18.0 Å². The molecule has 0 heterocycles. The van der Waals surface area contributed by atoms with Crippen molar-refractivity contribution in [2.24, 2.45) is 0 Å². The summed E-state index contributed by atoms with van der Waals surface area (Å²) in [6.07, 6.45) is 0. The van der Waals surface area contributed by atoms with Gasteiger partial charge in [0, 0.05) is 18.3 Å². The molecule has 3 N–H and O–H groups in total. The van der Waals surface area contributed by atoms with Crippen molar-refractivity contribution >= 4 is 17.6 Å². The van der Waals surface area contributed by atoms with Crippen LogP contribution in [0.15, 0.2) is 18.2 Å². The van der Waals surface area contributed by atoms with Crippen LogP contribution in [0.25, 0.3) is 0 Å². The zero-order valence-corrected chi connectivity index (χ0v) is 10.4. The predicted molar refractivity (Wildman–Crippen MR) is 66.4 cm³/mol. The lowest BCUT2D eigenvalue weighted by Crippen LogP contribution is -2.28. The van der Waals surface area contributed by atoms with Gasteiger partial charge in [0.2, 0.25) is 0 Å². The molecule has 98 valence electrons. The van der Waals surface area contributed by atoms with E-state index in [4.69, 9.17) is 15.2 Å². The van der Waals surface area contributed by atoms with E-state index in [1.54, 1.807) is 13.0 Å². The van der Waals surface area contributed by atoms with Crippen LogP contribution in [-0.4, -0.2) is 32.1 Å². The van der Waals surface area contributed by atoms with Crippen LogP contribution in [0.4, 0.5) is 5.69 Å². The molecule has 0 aliphatic heterocycles. The Morgan fingerprint density at radius 2 is 2.11 bits per heavy atom. The molecule has 1 aromatic rings. The van der Waals surface area contributed by atoms with Gasteiger partial charge < -0.3 is 20.5 Å². The highest BCUT2D eigenvalue weighted by Gasteiger charge is 2.15. The van der Waals surface area contributed by atoms with Crippen LogP contribution in [0.5, 0.6) is 5.75 Å². The first-order valence-corrected chi connectivity index (χ1v) is 5.45. The molecule has 0 saturated heterocycles. The number of amides is 1. The number of hydrogen-bond acceptors (Lipinski definition) is 5. The number of hydrogen-bond donors (Lipinski definition) is 2. The van der Waals surface area contributed by atoms with Crippen LogP contribution < -0.4 is 15.8 Å². The average molecular weight is 252 g/mol. The van der Waals surface area contributed by atoms with E-state index in [2.05, 4.69) is 5.32 Å². The first-order valence-electron chi connectivity index (χ1n) is 5.45. The largest absolute Gasteiger partial charge is 0.496 e. The lowest BCUT2D eigenvalue weighted by atomic mass is 10.2. The molecule has 0 aliphatic carbocycles. The molecule has 0 bridgehead atoms. The third-order valence-corrected chi connectivity index (χ3v) is 2.15. The fourth-order valence-electron chi connectivity index (χ4n) is 1.33. The number of nitrogen functional groups attached to an aromatic ring is 1. The third kappa shape index (κ3) is 3.65. The maximum absolute atomic E-state index is 11.7. The normalized spacial score (nSPS) is 9.67. The summed E-state index contributed by atoms with van der Waals surface area (Å²) in [5, 5.41) is 2.52. The van der Waals surface area contributed by atoms with Gasteiger partial charge in [0.1, 0.15) is 11.3 Å². The van der Waals surface area contributed by atoms with Gasteiger partial charge in [-0.25, -0.2) is 4.79 Å². The Hall–Kier alpha value is -2.24. The number of rotatable bonds is 5. The number of nitrogens with one attached hydrogen (secondary N) is 1. The molecule has 0 aliphatic rings. The number of ether oxygens (including phenoxy) is 2. The molecule has 0 saturated carbocycles. The molecular weight excluding hydrogens is 236 g/mol. The fraction of sp³-hybridized carbons (Fsp3) is 0.333. The molecular formula is C12H16N2O4. The maximum atomic E-state index is 11.7. The molecule has 0 spiro atoms. The smallest absolute Gasteiger partial charge is 0.342 e. The van der Waals surface area contributed by atoms with Crippen molar-refractivity contribution in [3.63, 3.8) is 0 Å². The molecule has 0 fully saturated rings. The van der Waals surface area contributed by atoms with Crippen LogP contribution in [0.1, 0.15) is 17.3 Å². The van der Waals surface area contributed by atoms with E-state index < -0.39 is 5.97 Å². The van der Waals surface area contributed by atoms with Crippen molar-refractivity contribution in [2.45, 2.75) is 6.92 Å². The molecule has 1 amide bonds. The van der Waals surface area contributed by atoms with Gasteiger partial charge in [-0.15, -0.1) is 0 Å². The van der Waals surface area contributed by atoms with Gasteiger partial charge >= 0.3 is 5.97 Å². The van der Waals surface area contributed by atoms with E-state index in [1.807, 2.05) is 0 Å². The van der Waals surface area contributed by atoms with Gasteiger partial charge in [-0.05, 0) is 19.1 Å². The predicted octanol–water partition coefficient (Wildman–Crippen LogP) is 0.570. The highest BCUT2D eigenvalue weighted by atomic mass is 16.5. The Morgan fingerprint density at radius 1 is 1.39 bits per heavy atom. The molecule has 18 heavy (non-hydrogen) atoms. The van der Waals surface area contributed by atoms with Gasteiger partial charge in [0.05, 0.1) is 7.11 Å². The Balaban J connectivity index is 2.69. The van der Waals surface area contributed by atoms with E-state index in [0.717, 1.165) is 0 Å². The van der Waals surface area contributed by atoms with E-state index in [1.165, 1.54) is 19.2 Å². The quantitative estimate of drug-likeness (QED) is 0.590. The topological polar surface area (TPSA) is 90.7 Å². The van der Waals surface area contributed by atoms with Crippen LogP contribution in [0, 0.1) is 0 Å². The highest BCUT2D eigenvalue weighted by molar-refractivity contribution is 5.94. The summed E-state index contributed by atoms with van der Waals surface area (Å²) in [7, 11) is 1.43. The minimum Gasteiger partial charge on any atom is -0.496 e. The Bertz CT molecular complexity index is 446. The van der Waals surface area contributed by atoms with Crippen LogP contribution in [0.3, 0.4) is 0 Å². The number of benzene rings is 1. The summed E-state index contributed by atoms with van der Waals surface area (Å²) in [6, 6.07) is 4.57. The van der Waals surface area contributed by atoms with Gasteiger partial charge in [-0.3, -0.25) is 4.79 Å². The first kappa shape index (κ1) is 13.8. The number of nitrogens with two attached hydrogens (primary N) is 1. The maximum Gasteiger partial charge on any atom is 0.342 e. The standard InChI is InChI=1S/C12H16N2O4/c1-3-14-11(15)7-18-12(16)9-5-4-8(13)6-10(9)17-2/h4-6H,3,7,13H2,1-2H3,(H,14,15). The average Bonchev–Trinajstić information content (AvgIpc) is 2.36. The van der Waals surface area contributed by atoms with Crippen molar-refractivity contribution in [3.8, 4) is 5.75 Å². The van der Waals surface area contributed by atoms with E-state index in [-0.39, 0.29) is 18.1 Å². The summed E-state index contributed by atoms with van der Waals surface area (Å²) in [5.41, 5.74) is 6.28. The van der Waals surface area contributed by atoms with Crippen molar-refractivity contribution in [3.05, 3.63) is 23.8 Å². The van der Waals surface area contributed by atoms with Crippen molar-refractivity contribution < 1.29 is 19.1 Å². The molecule has 0 atom stereocenters. The summed E-state index contributed by atoms with van der Waals surface area (Å²) in [5.74, 6) is -0.658. The zero-order valence-electron chi connectivity index (χ0n) is 10.4. The summed E-state index contributed by atoms with van der Waals surface area (Å²) >= 11 is 0. The Kier molecular flexibility index (Phi) is 4.98. The van der Waals surface area contributed by atoms with E-state index >= 15 is 0 Å². The molecule has 1 rings (SSSR count). The van der Waals surface area contributed by atoms with Gasteiger partial charge in [0.15, 0.2) is 6.61 Å². The molecule has 1 aromatic carbocycles. The summed E-state index contributed by atoms with van der Waals surface area (Å²) in [4.78, 5) is 22.9. The van der Waals surface area contributed by atoms with Crippen LogP contribution >= 0.6 is 0 Å². The van der Waals surface area contributed by atoms with E-state index in [9.17, 15) is 9.59 Å². The Morgan fingerprint density at radius 3 is 2.72 bits per heavy atom. The number of likely N-dealkylation sites (N-methyl/N-ethyl adjacent to an activating group) is 1. The number of carbonyl (C=O) groups excluding carboxylic acids is 2. The lowest BCUT2D eigenvalue weighted by molar-refractivity contribution is -0.124. The number of carbonyl (C=O) groups is 2. The van der Waals surface area contributed by atoms with Gasteiger partial charge in [-0.2, -0.15) is 0 Å². The second kappa shape index (κ2) is 6.48. The number of methoxy groups -OCH3 is 1. The number of esters is 1. The van der Waals surface area contributed by atoms with Crippen molar-refractivity contribution in [1.29, 1.82) is 0 Å². The summed E-state index contributed by atoms with van der Waals surface area (Å²) < 4.78 is 9.87. The molecule has 6 nitrogen and oxygen atoms in total. The molecule has 0 radical (unpaired) electrons. The second-order valence-electron chi connectivity index (χ2n) is 3.49. The second-order valence-corrected chi connectivity index (χ2v) is 3.49. The third-order valence-electron chi connectivity index (χ3n) is 2.15. The van der Waals surface area contributed by atoms with Crippen LogP contribution in [0.2, 0.25) is 0 Å². The first-order chi connectivity index (χ1) is 8.58. The number of anilines is 1. The zero-order chi connectivity index (χ0) is 13.5. The highest BCUT2D eigenvalue weighted by Crippen LogP contribution is 2.22. The SMILES string of the molecule is CCNC(=O)COC(=O)c1ccc(N)cc1OC. The van der Waals surface area contributed by atoms with Crippen molar-refractivity contribution in [2.75, 3.05) is 26.0 Å². The monoisotopic (exact) mass is 252 g/mol. The molecule has 0 aromatic heterocycles. The molecule has 0 unspecified atom stereocenters. The lowest BCUT2D eigenvalue weighted by Gasteiger charge is -2.09. The van der Waals surface area contributed by atoms with Gasteiger partial charge in [0.25, 0.3) is 5.91 Å². The minimum atomic E-state index is -0.627. The molecule has 6 heteroatoms. The van der Waals surface area contributed by atoms with Crippen molar-refractivity contribution in [1.82, 2.24) is 5.32 Å². The van der Waals surface area contributed by atoms with Crippen LogP contribution in [-0.2, 0) is 9.53 Å².